The standard InChI is InChI=1S/C20H43N5.HI/c1-19-13-8-11-17-25(19)18-12-15-23-20(21-2)22-14-9-6-5-7-10-16-24(3)4;/h19H,5-18H2,1-4H3,(H2,21,22,23);1H. The molecule has 6 heteroatoms. The lowest BCUT2D eigenvalue weighted by atomic mass is 10.0. The lowest BCUT2D eigenvalue weighted by molar-refractivity contribution is 0.159. The van der Waals surface area contributed by atoms with Crippen LogP contribution >= 0.6 is 24.0 Å². The number of halogens is 1. The van der Waals surface area contributed by atoms with Crippen LogP contribution in [0.15, 0.2) is 4.99 Å². The van der Waals surface area contributed by atoms with E-state index in [0.717, 1.165) is 25.1 Å². The summed E-state index contributed by atoms with van der Waals surface area (Å²) in [5, 5.41) is 6.90. The van der Waals surface area contributed by atoms with E-state index in [2.05, 4.69) is 46.4 Å². The van der Waals surface area contributed by atoms with Gasteiger partial charge in [0, 0.05) is 32.7 Å². The lowest BCUT2D eigenvalue weighted by Gasteiger charge is -2.33. The van der Waals surface area contributed by atoms with Gasteiger partial charge in [0.2, 0.25) is 0 Å². The largest absolute Gasteiger partial charge is 0.356 e. The molecule has 1 atom stereocenters. The minimum atomic E-state index is 0. The van der Waals surface area contributed by atoms with Crippen LogP contribution in [0.4, 0.5) is 0 Å². The van der Waals surface area contributed by atoms with E-state index in [4.69, 9.17) is 0 Å². The fraction of sp³-hybridized carbons (Fsp3) is 0.950. The molecule has 1 aliphatic heterocycles. The van der Waals surface area contributed by atoms with E-state index in [1.54, 1.807) is 0 Å². The van der Waals surface area contributed by atoms with Gasteiger partial charge in [-0.3, -0.25) is 4.99 Å². The highest BCUT2D eigenvalue weighted by molar-refractivity contribution is 14.0. The summed E-state index contributed by atoms with van der Waals surface area (Å²) < 4.78 is 0. The van der Waals surface area contributed by atoms with Crippen molar-refractivity contribution in [2.75, 3.05) is 53.9 Å². The number of nitrogens with zero attached hydrogens (tertiary/aromatic N) is 3. The van der Waals surface area contributed by atoms with Crippen LogP contribution in [0.5, 0.6) is 0 Å². The number of hydrogen-bond donors (Lipinski definition) is 2. The fourth-order valence-electron chi connectivity index (χ4n) is 3.49. The number of piperidine rings is 1. The van der Waals surface area contributed by atoms with Crippen molar-refractivity contribution in [2.24, 2.45) is 4.99 Å². The minimum Gasteiger partial charge on any atom is -0.356 e. The van der Waals surface area contributed by atoms with E-state index >= 15 is 0 Å². The number of unbranched alkanes of at least 4 members (excludes halogenated alkanes) is 4. The average Bonchev–Trinajstić information content (AvgIpc) is 2.60. The summed E-state index contributed by atoms with van der Waals surface area (Å²) in [5.41, 5.74) is 0. The van der Waals surface area contributed by atoms with Crippen molar-refractivity contribution < 1.29 is 0 Å². The first-order chi connectivity index (χ1) is 12.1. The molecule has 0 amide bonds. The summed E-state index contributed by atoms with van der Waals surface area (Å²) >= 11 is 0. The zero-order chi connectivity index (χ0) is 18.3. The molecule has 0 radical (unpaired) electrons. The number of likely N-dealkylation sites (tertiary alicyclic amines) is 1. The van der Waals surface area contributed by atoms with Crippen LogP contribution < -0.4 is 10.6 Å². The molecule has 1 unspecified atom stereocenters. The molecule has 156 valence electrons. The van der Waals surface area contributed by atoms with Crippen molar-refractivity contribution in [3.05, 3.63) is 0 Å². The molecule has 1 heterocycles. The summed E-state index contributed by atoms with van der Waals surface area (Å²) in [6, 6.07) is 0.768. The van der Waals surface area contributed by atoms with Crippen molar-refractivity contribution in [3.8, 4) is 0 Å². The Kier molecular flexibility index (Phi) is 17.0. The van der Waals surface area contributed by atoms with Crippen molar-refractivity contribution >= 4 is 29.9 Å². The smallest absolute Gasteiger partial charge is 0.190 e. The number of guanidine groups is 1. The Morgan fingerprint density at radius 3 is 2.31 bits per heavy atom. The highest BCUT2D eigenvalue weighted by Crippen LogP contribution is 2.15. The average molecular weight is 482 g/mol. The van der Waals surface area contributed by atoms with Crippen molar-refractivity contribution in [2.45, 2.75) is 70.8 Å². The summed E-state index contributed by atoms with van der Waals surface area (Å²) in [6.45, 7) is 8.10. The molecule has 26 heavy (non-hydrogen) atoms. The van der Waals surface area contributed by atoms with Crippen LogP contribution in [-0.4, -0.2) is 75.7 Å². The summed E-state index contributed by atoms with van der Waals surface area (Å²) in [5.74, 6) is 0.958. The van der Waals surface area contributed by atoms with Gasteiger partial charge >= 0.3 is 0 Å². The van der Waals surface area contributed by atoms with Gasteiger partial charge in [-0.05, 0) is 66.2 Å². The van der Waals surface area contributed by atoms with Crippen LogP contribution in [0, 0.1) is 0 Å². The number of aliphatic imine (C=N–C) groups is 1. The van der Waals surface area contributed by atoms with Crippen molar-refractivity contribution in [3.63, 3.8) is 0 Å². The fourth-order valence-corrected chi connectivity index (χ4v) is 3.49. The molecular formula is C20H44IN5. The normalized spacial score (nSPS) is 18.7. The first-order valence-corrected chi connectivity index (χ1v) is 10.5. The minimum absolute atomic E-state index is 0. The zero-order valence-electron chi connectivity index (χ0n) is 17.7. The first-order valence-electron chi connectivity index (χ1n) is 10.5. The molecule has 0 bridgehead atoms. The quantitative estimate of drug-likeness (QED) is 0.194. The molecule has 2 N–H and O–H groups in total. The van der Waals surface area contributed by atoms with Gasteiger partial charge in [0.05, 0.1) is 0 Å². The molecule has 1 rings (SSSR count). The Labute approximate surface area is 179 Å². The Morgan fingerprint density at radius 1 is 1.00 bits per heavy atom. The van der Waals surface area contributed by atoms with E-state index < -0.39 is 0 Å². The molecular weight excluding hydrogens is 437 g/mol. The maximum atomic E-state index is 4.33. The molecule has 0 aromatic heterocycles. The molecule has 1 saturated heterocycles. The van der Waals surface area contributed by atoms with Crippen LogP contribution in [0.1, 0.15) is 64.7 Å². The van der Waals surface area contributed by atoms with Crippen LogP contribution in [0.2, 0.25) is 0 Å². The maximum Gasteiger partial charge on any atom is 0.190 e. The van der Waals surface area contributed by atoms with E-state index in [9.17, 15) is 0 Å². The highest BCUT2D eigenvalue weighted by Gasteiger charge is 2.16. The summed E-state index contributed by atoms with van der Waals surface area (Å²) in [7, 11) is 6.16. The molecule has 0 aliphatic carbocycles. The Morgan fingerprint density at radius 2 is 1.65 bits per heavy atom. The molecule has 0 saturated carbocycles. The van der Waals surface area contributed by atoms with Gasteiger partial charge < -0.3 is 20.4 Å². The molecule has 5 nitrogen and oxygen atoms in total. The third kappa shape index (κ3) is 13.1. The molecule has 1 fully saturated rings. The summed E-state index contributed by atoms with van der Waals surface area (Å²) in [6.07, 6.45) is 11.9. The Hall–Kier alpha value is -0.0800. The summed E-state index contributed by atoms with van der Waals surface area (Å²) in [4.78, 5) is 9.23. The third-order valence-electron chi connectivity index (χ3n) is 5.15. The second-order valence-corrected chi connectivity index (χ2v) is 7.73. The zero-order valence-corrected chi connectivity index (χ0v) is 20.1. The maximum absolute atomic E-state index is 4.33. The SMILES string of the molecule is CN=C(NCCCCCCCN(C)C)NCCCN1CCCCC1C.I. The van der Waals surface area contributed by atoms with Crippen LogP contribution in [-0.2, 0) is 0 Å². The van der Waals surface area contributed by atoms with E-state index in [-0.39, 0.29) is 24.0 Å². The van der Waals surface area contributed by atoms with Gasteiger partial charge in [-0.25, -0.2) is 0 Å². The molecule has 1 aliphatic rings. The molecule has 0 aromatic carbocycles. The van der Waals surface area contributed by atoms with Gasteiger partial charge in [0.15, 0.2) is 5.96 Å². The number of nitrogens with one attached hydrogen (secondary N) is 2. The van der Waals surface area contributed by atoms with Crippen molar-refractivity contribution in [1.29, 1.82) is 0 Å². The van der Waals surface area contributed by atoms with Gasteiger partial charge in [-0.1, -0.05) is 25.7 Å². The second-order valence-electron chi connectivity index (χ2n) is 7.73. The van der Waals surface area contributed by atoms with Gasteiger partial charge in [-0.15, -0.1) is 24.0 Å². The number of hydrogen-bond acceptors (Lipinski definition) is 3. The van der Waals surface area contributed by atoms with Gasteiger partial charge in [0.1, 0.15) is 0 Å². The highest BCUT2D eigenvalue weighted by atomic mass is 127. The van der Waals surface area contributed by atoms with Crippen molar-refractivity contribution in [1.82, 2.24) is 20.4 Å². The van der Waals surface area contributed by atoms with E-state index in [1.165, 1.54) is 77.4 Å². The van der Waals surface area contributed by atoms with Crippen LogP contribution in [0.3, 0.4) is 0 Å². The Balaban J connectivity index is 0.00000625. The van der Waals surface area contributed by atoms with Crippen LogP contribution in [0.25, 0.3) is 0 Å². The Bertz CT molecular complexity index is 349. The second kappa shape index (κ2) is 17.0. The third-order valence-corrected chi connectivity index (χ3v) is 5.15. The monoisotopic (exact) mass is 481 g/mol. The van der Waals surface area contributed by atoms with Gasteiger partial charge in [0.25, 0.3) is 0 Å². The molecule has 0 aromatic rings. The molecule has 0 spiro atoms. The van der Waals surface area contributed by atoms with Gasteiger partial charge in [-0.2, -0.15) is 0 Å². The van der Waals surface area contributed by atoms with E-state index in [0.29, 0.717) is 0 Å². The predicted octanol–water partition coefficient (Wildman–Crippen LogP) is 3.55. The first kappa shape index (κ1) is 25.9. The van der Waals surface area contributed by atoms with E-state index in [1.807, 2.05) is 7.05 Å². The topological polar surface area (TPSA) is 42.9 Å². The predicted molar refractivity (Wildman–Crippen MR) is 126 cm³/mol. The number of rotatable bonds is 12. The lowest BCUT2D eigenvalue weighted by Crippen LogP contribution is -2.41.